The molecule has 1 aromatic carbocycles. The van der Waals surface area contributed by atoms with Gasteiger partial charge in [0.25, 0.3) is 0 Å². The van der Waals surface area contributed by atoms with Crippen molar-refractivity contribution in [3.8, 4) is 0 Å². The molecule has 0 radical (unpaired) electrons. The van der Waals surface area contributed by atoms with E-state index in [1.165, 1.54) is 23.0 Å². The summed E-state index contributed by atoms with van der Waals surface area (Å²) >= 11 is 1.38. The van der Waals surface area contributed by atoms with E-state index in [0.717, 1.165) is 26.2 Å². The largest absolute Gasteiger partial charge is 0.368 e. The SMILES string of the molecule is Cc1cccc(N2CCN(C(=O)CSc3nnnn3C)CC2)c1. The minimum Gasteiger partial charge on any atom is -0.368 e. The summed E-state index contributed by atoms with van der Waals surface area (Å²) in [6, 6.07) is 8.49. The summed E-state index contributed by atoms with van der Waals surface area (Å²) in [4.78, 5) is 16.6. The zero-order valence-electron chi connectivity index (χ0n) is 13.3. The average molecular weight is 332 g/mol. The lowest BCUT2D eigenvalue weighted by molar-refractivity contribution is -0.128. The Labute approximate surface area is 139 Å². The average Bonchev–Trinajstić information content (AvgIpc) is 2.98. The minimum atomic E-state index is 0.141. The standard InChI is InChI=1S/C15H20N6OS/c1-12-4-3-5-13(10-12)20-6-8-21(9-7-20)14(22)11-23-15-16-17-18-19(15)2/h3-5,10H,6-9,11H2,1-2H3. The second kappa shape index (κ2) is 6.99. The van der Waals surface area contributed by atoms with Gasteiger partial charge in [-0.05, 0) is 35.0 Å². The highest BCUT2D eigenvalue weighted by atomic mass is 32.2. The Morgan fingerprint density at radius 2 is 2.04 bits per heavy atom. The molecular weight excluding hydrogens is 312 g/mol. The van der Waals surface area contributed by atoms with Crippen molar-refractivity contribution in [2.24, 2.45) is 7.05 Å². The number of benzene rings is 1. The summed E-state index contributed by atoms with van der Waals surface area (Å²) < 4.78 is 1.58. The Morgan fingerprint density at radius 3 is 2.70 bits per heavy atom. The number of aryl methyl sites for hydroxylation is 2. The van der Waals surface area contributed by atoms with E-state index in [4.69, 9.17) is 0 Å². The van der Waals surface area contributed by atoms with Crippen LogP contribution in [0.15, 0.2) is 29.4 Å². The van der Waals surface area contributed by atoms with Gasteiger partial charge in [-0.15, -0.1) is 5.10 Å². The molecule has 0 N–H and O–H groups in total. The van der Waals surface area contributed by atoms with Gasteiger partial charge in [-0.3, -0.25) is 4.79 Å². The normalized spacial score (nSPS) is 15.0. The molecule has 2 aromatic rings. The molecule has 0 bridgehead atoms. The van der Waals surface area contributed by atoms with E-state index >= 15 is 0 Å². The first kappa shape index (κ1) is 15.8. The summed E-state index contributed by atoms with van der Waals surface area (Å²) in [6.45, 7) is 5.34. The molecule has 1 fully saturated rings. The zero-order valence-corrected chi connectivity index (χ0v) is 14.2. The monoisotopic (exact) mass is 332 g/mol. The number of tetrazole rings is 1. The minimum absolute atomic E-state index is 0.141. The molecule has 0 atom stereocenters. The number of piperazine rings is 1. The van der Waals surface area contributed by atoms with E-state index in [0.29, 0.717) is 10.9 Å². The number of anilines is 1. The molecule has 1 aliphatic heterocycles. The van der Waals surface area contributed by atoms with Crippen LogP contribution in [0.2, 0.25) is 0 Å². The Balaban J connectivity index is 1.50. The third-order valence-electron chi connectivity index (χ3n) is 3.91. The van der Waals surface area contributed by atoms with Crippen molar-refractivity contribution in [2.75, 3.05) is 36.8 Å². The first-order chi connectivity index (χ1) is 11.1. The van der Waals surface area contributed by atoms with Gasteiger partial charge in [0.2, 0.25) is 11.1 Å². The molecule has 0 spiro atoms. The fraction of sp³-hybridized carbons (Fsp3) is 0.467. The highest BCUT2D eigenvalue weighted by molar-refractivity contribution is 7.99. The van der Waals surface area contributed by atoms with Gasteiger partial charge in [-0.25, -0.2) is 4.68 Å². The summed E-state index contributed by atoms with van der Waals surface area (Å²) in [5.74, 6) is 0.514. The number of rotatable bonds is 4. The van der Waals surface area contributed by atoms with Gasteiger partial charge in [0.1, 0.15) is 0 Å². The van der Waals surface area contributed by atoms with Crippen LogP contribution in [0.3, 0.4) is 0 Å². The van der Waals surface area contributed by atoms with E-state index in [1.807, 2.05) is 4.90 Å². The Kier molecular flexibility index (Phi) is 4.80. The van der Waals surface area contributed by atoms with Crippen LogP contribution in [-0.4, -0.2) is 62.9 Å². The van der Waals surface area contributed by atoms with Gasteiger partial charge in [0, 0.05) is 38.9 Å². The van der Waals surface area contributed by atoms with Crippen molar-refractivity contribution in [1.82, 2.24) is 25.1 Å². The Bertz CT molecular complexity index is 680. The molecule has 7 nitrogen and oxygen atoms in total. The predicted octanol–water partition coefficient (Wildman–Crippen LogP) is 0.959. The number of aromatic nitrogens is 4. The molecule has 2 heterocycles. The zero-order chi connectivity index (χ0) is 16.2. The summed E-state index contributed by atoms with van der Waals surface area (Å²) in [5, 5.41) is 11.9. The first-order valence-electron chi connectivity index (χ1n) is 7.58. The Morgan fingerprint density at radius 1 is 1.26 bits per heavy atom. The molecule has 1 aliphatic rings. The molecule has 3 rings (SSSR count). The molecule has 8 heteroatoms. The maximum atomic E-state index is 12.3. The predicted molar refractivity (Wildman–Crippen MR) is 89.5 cm³/mol. The van der Waals surface area contributed by atoms with Gasteiger partial charge >= 0.3 is 0 Å². The third kappa shape index (κ3) is 3.82. The maximum absolute atomic E-state index is 12.3. The van der Waals surface area contributed by atoms with Gasteiger partial charge < -0.3 is 9.80 Å². The molecule has 0 unspecified atom stereocenters. The fourth-order valence-electron chi connectivity index (χ4n) is 2.60. The van der Waals surface area contributed by atoms with Crippen molar-refractivity contribution >= 4 is 23.4 Å². The lowest BCUT2D eigenvalue weighted by Gasteiger charge is -2.36. The van der Waals surface area contributed by atoms with Crippen molar-refractivity contribution in [2.45, 2.75) is 12.1 Å². The smallest absolute Gasteiger partial charge is 0.233 e. The topological polar surface area (TPSA) is 67.2 Å². The van der Waals surface area contributed by atoms with E-state index in [2.05, 4.69) is 51.6 Å². The highest BCUT2D eigenvalue weighted by Crippen LogP contribution is 2.19. The molecule has 1 saturated heterocycles. The molecule has 0 saturated carbocycles. The van der Waals surface area contributed by atoms with Crippen LogP contribution < -0.4 is 4.90 Å². The maximum Gasteiger partial charge on any atom is 0.233 e. The molecule has 1 amide bonds. The van der Waals surface area contributed by atoms with Crippen molar-refractivity contribution in [3.63, 3.8) is 0 Å². The molecule has 0 aliphatic carbocycles. The third-order valence-corrected chi connectivity index (χ3v) is 4.90. The van der Waals surface area contributed by atoms with Gasteiger partial charge in [0.05, 0.1) is 5.75 Å². The van der Waals surface area contributed by atoms with E-state index in [-0.39, 0.29) is 5.91 Å². The van der Waals surface area contributed by atoms with Crippen LogP contribution in [-0.2, 0) is 11.8 Å². The highest BCUT2D eigenvalue weighted by Gasteiger charge is 2.21. The number of carbonyl (C=O) groups is 1. The number of hydrogen-bond donors (Lipinski definition) is 0. The van der Waals surface area contributed by atoms with Crippen molar-refractivity contribution in [1.29, 1.82) is 0 Å². The summed E-state index contributed by atoms with van der Waals surface area (Å²) in [6.07, 6.45) is 0. The summed E-state index contributed by atoms with van der Waals surface area (Å²) in [7, 11) is 1.77. The number of nitrogens with zero attached hydrogens (tertiary/aromatic N) is 6. The van der Waals surface area contributed by atoms with Crippen molar-refractivity contribution in [3.05, 3.63) is 29.8 Å². The van der Waals surface area contributed by atoms with E-state index < -0.39 is 0 Å². The van der Waals surface area contributed by atoms with Crippen LogP contribution >= 0.6 is 11.8 Å². The lowest BCUT2D eigenvalue weighted by Crippen LogP contribution is -2.49. The molecule has 23 heavy (non-hydrogen) atoms. The van der Waals surface area contributed by atoms with Crippen LogP contribution in [0.4, 0.5) is 5.69 Å². The fourth-order valence-corrected chi connectivity index (χ4v) is 3.35. The molecule has 122 valence electrons. The quantitative estimate of drug-likeness (QED) is 0.777. The van der Waals surface area contributed by atoms with Crippen LogP contribution in [0.25, 0.3) is 0 Å². The Hall–Kier alpha value is -2.09. The second-order valence-electron chi connectivity index (χ2n) is 5.58. The number of amides is 1. The van der Waals surface area contributed by atoms with Gasteiger partial charge in [-0.1, -0.05) is 23.9 Å². The second-order valence-corrected chi connectivity index (χ2v) is 6.52. The van der Waals surface area contributed by atoms with Crippen molar-refractivity contribution < 1.29 is 4.79 Å². The van der Waals surface area contributed by atoms with Gasteiger partial charge in [-0.2, -0.15) is 0 Å². The van der Waals surface area contributed by atoms with Crippen LogP contribution in [0.5, 0.6) is 0 Å². The first-order valence-corrected chi connectivity index (χ1v) is 8.56. The number of carbonyl (C=O) groups excluding carboxylic acids is 1. The van der Waals surface area contributed by atoms with E-state index in [9.17, 15) is 4.79 Å². The molecule has 1 aromatic heterocycles. The van der Waals surface area contributed by atoms with Crippen LogP contribution in [0.1, 0.15) is 5.56 Å². The van der Waals surface area contributed by atoms with E-state index in [1.54, 1.807) is 11.7 Å². The number of hydrogen-bond acceptors (Lipinski definition) is 6. The van der Waals surface area contributed by atoms with Crippen LogP contribution in [0, 0.1) is 6.92 Å². The summed E-state index contributed by atoms with van der Waals surface area (Å²) in [5.41, 5.74) is 2.49. The van der Waals surface area contributed by atoms with Gasteiger partial charge in [0.15, 0.2) is 0 Å². The lowest BCUT2D eigenvalue weighted by atomic mass is 10.2. The molecular formula is C15H20N6OS. The number of thioether (sulfide) groups is 1.